The number of tetrazole rings is 1. The number of carboxylic acids is 1. The predicted octanol–water partition coefficient (Wildman–Crippen LogP) is -2.58. The summed E-state index contributed by atoms with van der Waals surface area (Å²) in [6.45, 7) is -0.453. The number of aromatic nitrogens is 5. The highest BCUT2D eigenvalue weighted by Crippen LogP contribution is 2.41. The quantitative estimate of drug-likeness (QED) is 0.0649. The lowest BCUT2D eigenvalue weighted by atomic mass is 10.0. The van der Waals surface area contributed by atoms with E-state index in [-0.39, 0.29) is 38.9 Å². The number of aliphatic carboxylic acids is 1. The number of nitrogen functional groups attached to an aromatic ring is 2. The zero-order valence-electron chi connectivity index (χ0n) is 18.9. The minimum atomic E-state index is -1.28. The topological polar surface area (TPSA) is 246 Å². The van der Waals surface area contributed by atoms with Gasteiger partial charge >= 0.3 is 5.97 Å². The van der Waals surface area contributed by atoms with Gasteiger partial charge in [0.1, 0.15) is 22.8 Å². The third kappa shape index (κ3) is 5.44. The van der Waals surface area contributed by atoms with E-state index in [1.54, 1.807) is 0 Å². The molecule has 196 valence electrons. The standard InChI is InChI=1S/C17H19N11O6S3/c1-20-8(29)2-34-24-9(7-5-36-16(18)21-7)12(30)22-10-13(31)27-11(15(32)33)6(3-35-14(10)27)4-37-17-23-25-26-28(17)19/h5,10,14H,2-4,19H2,1H3,(H2,18,21)(H,20,29)(H,22,30)(H,32,33)/t10-,14+/m1/s1. The van der Waals surface area contributed by atoms with Crippen LogP contribution in [0, 0.1) is 0 Å². The van der Waals surface area contributed by atoms with Crippen molar-refractivity contribution < 1.29 is 29.1 Å². The number of rotatable bonds is 10. The molecule has 20 heteroatoms. The molecule has 0 radical (unpaired) electrons. The van der Waals surface area contributed by atoms with E-state index in [4.69, 9.17) is 16.4 Å². The molecule has 7 N–H and O–H groups in total. The molecule has 2 aliphatic heterocycles. The number of thiazole rings is 1. The Hall–Kier alpha value is -3.91. The maximum atomic E-state index is 13.0. The number of carbonyl (C=O) groups is 4. The van der Waals surface area contributed by atoms with Crippen LogP contribution in [-0.4, -0.2) is 101 Å². The summed E-state index contributed by atoms with van der Waals surface area (Å²) in [5, 5.41) is 30.3. The fraction of sp³-hybridized carbons (Fsp3) is 0.353. The van der Waals surface area contributed by atoms with Crippen LogP contribution >= 0.6 is 34.9 Å². The number of carboxylic acid groups (broad SMARTS) is 1. The monoisotopic (exact) mass is 569 g/mol. The molecule has 0 aromatic carbocycles. The Morgan fingerprint density at radius 1 is 1.41 bits per heavy atom. The number of nitrogens with zero attached hydrogens (tertiary/aromatic N) is 7. The van der Waals surface area contributed by atoms with Crippen molar-refractivity contribution in [3.8, 4) is 0 Å². The molecule has 2 atom stereocenters. The van der Waals surface area contributed by atoms with Crippen LogP contribution in [0.25, 0.3) is 0 Å². The van der Waals surface area contributed by atoms with Crippen molar-refractivity contribution in [3.63, 3.8) is 0 Å². The molecule has 2 aromatic heterocycles. The summed E-state index contributed by atoms with van der Waals surface area (Å²) in [5.41, 5.74) is 5.75. The average molecular weight is 570 g/mol. The van der Waals surface area contributed by atoms with Gasteiger partial charge in [-0.05, 0) is 16.0 Å². The number of likely N-dealkylation sites (N-methyl/N-ethyl adjacent to an activating group) is 1. The molecule has 0 unspecified atom stereocenters. The summed E-state index contributed by atoms with van der Waals surface area (Å²) in [6.07, 6.45) is 0. The van der Waals surface area contributed by atoms with Crippen LogP contribution in [-0.2, 0) is 24.0 Å². The van der Waals surface area contributed by atoms with Crippen molar-refractivity contribution >= 4 is 69.4 Å². The van der Waals surface area contributed by atoms with Crippen LogP contribution in [0.5, 0.6) is 0 Å². The van der Waals surface area contributed by atoms with E-state index in [9.17, 15) is 24.3 Å². The summed E-state index contributed by atoms with van der Waals surface area (Å²) in [5.74, 6) is 2.87. The number of β-lactam (4-membered cyclic amide) rings is 1. The maximum absolute atomic E-state index is 13.0. The second kappa shape index (κ2) is 11.0. The molecule has 0 saturated carbocycles. The number of nitrogens with two attached hydrogens (primary N) is 2. The lowest BCUT2D eigenvalue weighted by molar-refractivity contribution is -0.150. The highest BCUT2D eigenvalue weighted by Gasteiger charge is 2.54. The first-order chi connectivity index (χ1) is 17.7. The SMILES string of the molecule is CNC(=O)CON=C(C(=O)N[C@@H]1C(=O)N2C(C(=O)O)=C(CSc3nnnn3N)CS[C@@H]12)c1csc(N)n1. The van der Waals surface area contributed by atoms with Gasteiger partial charge in [0.15, 0.2) is 17.5 Å². The Morgan fingerprint density at radius 2 is 2.19 bits per heavy atom. The minimum absolute atomic E-state index is 0.0875. The van der Waals surface area contributed by atoms with Crippen molar-refractivity contribution in [2.75, 3.05) is 36.7 Å². The van der Waals surface area contributed by atoms with E-state index >= 15 is 0 Å². The molecule has 17 nitrogen and oxygen atoms in total. The molecule has 0 aliphatic carbocycles. The third-order valence-corrected chi connectivity index (χ3v) is 8.02. The van der Waals surface area contributed by atoms with Crippen LogP contribution in [0.15, 0.2) is 27.0 Å². The molecule has 37 heavy (non-hydrogen) atoms. The van der Waals surface area contributed by atoms with Crippen LogP contribution in [0.4, 0.5) is 5.13 Å². The molecule has 1 fully saturated rings. The largest absolute Gasteiger partial charge is 0.477 e. The number of amides is 3. The summed E-state index contributed by atoms with van der Waals surface area (Å²) in [4.78, 5) is 60.5. The van der Waals surface area contributed by atoms with Gasteiger partial charge in [-0.25, -0.2) is 9.78 Å². The molecule has 0 spiro atoms. The van der Waals surface area contributed by atoms with E-state index in [1.807, 2.05) is 0 Å². The van der Waals surface area contributed by atoms with Gasteiger partial charge in [-0.2, -0.15) is 0 Å². The lowest BCUT2D eigenvalue weighted by Crippen LogP contribution is -2.71. The smallest absolute Gasteiger partial charge is 0.352 e. The van der Waals surface area contributed by atoms with E-state index in [0.29, 0.717) is 5.57 Å². The number of thioether (sulfide) groups is 2. The fourth-order valence-electron chi connectivity index (χ4n) is 3.26. The van der Waals surface area contributed by atoms with Crippen LogP contribution in [0.2, 0.25) is 0 Å². The highest BCUT2D eigenvalue weighted by molar-refractivity contribution is 8.01. The molecule has 1 saturated heterocycles. The fourth-order valence-corrected chi connectivity index (χ4v) is 6.09. The van der Waals surface area contributed by atoms with E-state index < -0.39 is 41.7 Å². The van der Waals surface area contributed by atoms with Gasteiger partial charge in [0.05, 0.1) is 0 Å². The number of nitrogens with one attached hydrogen (secondary N) is 2. The van der Waals surface area contributed by atoms with Gasteiger partial charge in [-0.3, -0.25) is 19.3 Å². The van der Waals surface area contributed by atoms with Gasteiger partial charge in [0.25, 0.3) is 17.7 Å². The molecule has 3 amide bonds. The summed E-state index contributed by atoms with van der Waals surface area (Å²) in [6, 6.07) is -1.03. The maximum Gasteiger partial charge on any atom is 0.352 e. The Labute approximate surface area is 220 Å². The number of hydrogen-bond donors (Lipinski definition) is 5. The second-order valence-electron chi connectivity index (χ2n) is 7.27. The molecule has 2 aliphatic rings. The molecular weight excluding hydrogens is 550 g/mol. The molecule has 4 heterocycles. The molecular formula is C17H19N11O6S3. The van der Waals surface area contributed by atoms with Gasteiger partial charge in [0, 0.05) is 23.9 Å². The Bertz CT molecular complexity index is 1310. The Balaban J connectivity index is 1.49. The van der Waals surface area contributed by atoms with Crippen LogP contribution in [0.3, 0.4) is 0 Å². The summed E-state index contributed by atoms with van der Waals surface area (Å²) in [7, 11) is 1.41. The van der Waals surface area contributed by atoms with E-state index in [1.165, 1.54) is 24.2 Å². The van der Waals surface area contributed by atoms with E-state index in [2.05, 4.69) is 36.3 Å². The number of hydrogen-bond acceptors (Lipinski definition) is 15. The normalized spacial score (nSPS) is 19.2. The second-order valence-corrected chi connectivity index (χ2v) is 10.2. The van der Waals surface area contributed by atoms with Gasteiger partial charge in [0.2, 0.25) is 5.16 Å². The molecule has 2 aromatic rings. The lowest BCUT2D eigenvalue weighted by Gasteiger charge is -2.49. The highest BCUT2D eigenvalue weighted by atomic mass is 32.2. The predicted molar refractivity (Wildman–Crippen MR) is 131 cm³/mol. The van der Waals surface area contributed by atoms with Crippen LogP contribution in [0.1, 0.15) is 5.69 Å². The number of fused-ring (bicyclic) bond motifs is 1. The molecule has 0 bridgehead atoms. The number of anilines is 1. The van der Waals surface area contributed by atoms with Crippen molar-refractivity contribution in [2.24, 2.45) is 5.16 Å². The number of carbonyl (C=O) groups excluding carboxylic acids is 3. The van der Waals surface area contributed by atoms with Crippen molar-refractivity contribution in [2.45, 2.75) is 16.6 Å². The summed E-state index contributed by atoms with van der Waals surface area (Å²) < 4.78 is 0. The number of oxime groups is 1. The molecule has 4 rings (SSSR count). The van der Waals surface area contributed by atoms with Gasteiger partial charge in [-0.15, -0.1) is 27.9 Å². The van der Waals surface area contributed by atoms with Gasteiger partial charge < -0.3 is 32.2 Å². The third-order valence-electron chi connectivity index (χ3n) is 4.98. The minimum Gasteiger partial charge on any atom is -0.477 e. The van der Waals surface area contributed by atoms with E-state index in [0.717, 1.165) is 32.8 Å². The Morgan fingerprint density at radius 3 is 2.81 bits per heavy atom. The van der Waals surface area contributed by atoms with Crippen molar-refractivity contribution in [1.82, 2.24) is 40.8 Å². The Kier molecular flexibility index (Phi) is 7.78. The summed E-state index contributed by atoms with van der Waals surface area (Å²) >= 11 is 3.46. The zero-order chi connectivity index (χ0) is 26.7. The average Bonchev–Trinajstić information content (AvgIpc) is 3.50. The first-order valence-electron chi connectivity index (χ1n) is 10.2. The van der Waals surface area contributed by atoms with Crippen molar-refractivity contribution in [3.05, 3.63) is 22.3 Å². The first kappa shape index (κ1) is 26.2. The van der Waals surface area contributed by atoms with Crippen LogP contribution < -0.4 is 22.2 Å². The zero-order valence-corrected chi connectivity index (χ0v) is 21.3. The van der Waals surface area contributed by atoms with Gasteiger partial charge in [-0.1, -0.05) is 22.0 Å². The first-order valence-corrected chi connectivity index (χ1v) is 13.1. The van der Waals surface area contributed by atoms with Crippen molar-refractivity contribution in [1.29, 1.82) is 0 Å².